The third-order valence-corrected chi connectivity index (χ3v) is 19.3. The van der Waals surface area contributed by atoms with Crippen LogP contribution in [0, 0.1) is 40.9 Å². The molecule has 12 atom stereocenters. The number of fused-ring (bicyclic) bond motifs is 13. The van der Waals surface area contributed by atoms with Gasteiger partial charge in [0.15, 0.2) is 29.0 Å². The number of phenols is 3. The van der Waals surface area contributed by atoms with Crippen LogP contribution in [0.25, 0.3) is 10.9 Å². The Morgan fingerprint density at radius 2 is 1.93 bits per heavy atom. The molecule has 0 radical (unpaired) electrons. The lowest BCUT2D eigenvalue weighted by Crippen LogP contribution is -2.81. The molecule has 3 aromatic heterocycles. The summed E-state index contributed by atoms with van der Waals surface area (Å²) >= 11 is 0. The van der Waals surface area contributed by atoms with Crippen molar-refractivity contribution in [3.05, 3.63) is 131 Å². The first-order chi connectivity index (χ1) is 40.4. The molecule has 8 heterocycles. The minimum atomic E-state index is -0.995. The molecular formula is C65H77N9O9. The van der Waals surface area contributed by atoms with Gasteiger partial charge in [0.1, 0.15) is 24.6 Å². The van der Waals surface area contributed by atoms with Crippen LogP contribution in [0.2, 0.25) is 0 Å². The fraction of sp³-hybridized carbons (Fsp3) is 0.492. The van der Waals surface area contributed by atoms with Gasteiger partial charge in [-0.3, -0.25) is 20.1 Å². The summed E-state index contributed by atoms with van der Waals surface area (Å²) in [7, 11) is 0. The first kappa shape index (κ1) is 54.6. The number of nitrogens with zero attached hydrogens (tertiary/aromatic N) is 3. The molecule has 3 aliphatic carbocycles. The van der Waals surface area contributed by atoms with E-state index in [0.29, 0.717) is 74.7 Å². The molecule has 12 unspecified atom stereocenters. The van der Waals surface area contributed by atoms with Crippen molar-refractivity contribution in [2.45, 2.75) is 152 Å². The number of rotatable bonds is 13. The zero-order valence-corrected chi connectivity index (χ0v) is 47.1. The fourth-order valence-corrected chi connectivity index (χ4v) is 15.4. The zero-order valence-electron chi connectivity index (χ0n) is 47.1. The van der Waals surface area contributed by atoms with Crippen LogP contribution in [0.3, 0.4) is 0 Å². The number of aliphatic hydroxyl groups is 1. The summed E-state index contributed by atoms with van der Waals surface area (Å²) in [6.07, 6.45) is 23.8. The number of benzene rings is 2. The second-order valence-corrected chi connectivity index (χ2v) is 24.3. The number of nitrogens with one attached hydrogen (secondary N) is 5. The number of aliphatic imine (C=N–C) groups is 1. The van der Waals surface area contributed by atoms with Crippen LogP contribution >= 0.6 is 0 Å². The monoisotopic (exact) mass is 1130 g/mol. The molecule has 5 aromatic rings. The van der Waals surface area contributed by atoms with Crippen molar-refractivity contribution in [3.63, 3.8) is 0 Å². The molecule has 2 bridgehead atoms. The quantitative estimate of drug-likeness (QED) is 0.0135. The average Bonchev–Trinajstić information content (AvgIpc) is 3.01. The Bertz CT molecular complexity index is 3410. The van der Waals surface area contributed by atoms with Gasteiger partial charge in [-0.15, -0.1) is 0 Å². The van der Waals surface area contributed by atoms with Crippen molar-refractivity contribution in [1.29, 1.82) is 0 Å². The predicted molar refractivity (Wildman–Crippen MR) is 313 cm³/mol. The van der Waals surface area contributed by atoms with Crippen LogP contribution in [0.1, 0.15) is 119 Å². The number of aliphatic hydroxyl groups excluding tert-OH is 1. The molecular weight excluding hydrogens is 1050 g/mol. The Hall–Kier alpha value is -7.59. The molecule has 8 aliphatic rings. The molecule has 5 aliphatic heterocycles. The molecule has 18 heteroatoms. The lowest BCUT2D eigenvalue weighted by Gasteiger charge is -2.65. The van der Waals surface area contributed by atoms with Crippen molar-refractivity contribution < 1.29 is 44.2 Å². The lowest BCUT2D eigenvalue weighted by molar-refractivity contribution is -0.179. The van der Waals surface area contributed by atoms with Crippen LogP contribution in [-0.2, 0) is 33.5 Å². The lowest BCUT2D eigenvalue weighted by atomic mass is 9.51. The third-order valence-electron chi connectivity index (χ3n) is 19.3. The second-order valence-electron chi connectivity index (χ2n) is 24.3. The van der Waals surface area contributed by atoms with E-state index < -0.39 is 59.7 Å². The van der Waals surface area contributed by atoms with E-state index in [0.717, 1.165) is 67.0 Å². The van der Waals surface area contributed by atoms with Gasteiger partial charge in [0.25, 0.3) is 0 Å². The molecule has 4 fully saturated rings. The van der Waals surface area contributed by atoms with E-state index in [1.54, 1.807) is 24.5 Å². The highest BCUT2D eigenvalue weighted by molar-refractivity contribution is 5.85. The standard InChI is InChI=1S/C65H77N9O9/c1-38(75)81-55-35-54(43-33-52(77)59(78)57(34-43)80-29-22-40-9-6-25-67-36-40)83-60-46(55)16-14-42-15-17-48-53(82-56-31-41(30-47(42)60)13-18-51(56)76)12-5-23-65(48)64(62(79)71-44-10-3-2-4-11-44)24-19-50-45-21-28-68-49(45)37-74(50)61(64)72-63(73-65)70-26-7-8-39-20-27-69-58(66)32-39/h6,9,13-14,16,18,20-21,25,28,31-34,36-37,42,44,46-48,53-55,60-62,68-69,71,76-79H,2-5,7-8,10-12,19,22-24,26-27,29-30,35,66H2,1H3,(H2,70,72,73). The molecule has 2 aromatic carbocycles. The number of dihydropyridines is 1. The number of hydrogen-bond donors (Lipinski definition) is 10. The summed E-state index contributed by atoms with van der Waals surface area (Å²) in [6, 6.07) is 14.8. The Kier molecular flexibility index (Phi) is 15.1. The number of aryl methyl sites for hydroxylation is 1. The second kappa shape index (κ2) is 22.9. The maximum absolute atomic E-state index is 13.6. The zero-order chi connectivity index (χ0) is 56.8. The summed E-state index contributed by atoms with van der Waals surface area (Å²) in [6.45, 7) is 2.85. The average molecular weight is 1130 g/mol. The van der Waals surface area contributed by atoms with Crippen molar-refractivity contribution in [3.8, 4) is 40.6 Å². The molecule has 11 N–H and O–H groups in total. The normalized spacial score (nSPS) is 30.8. The van der Waals surface area contributed by atoms with Crippen LogP contribution in [0.5, 0.6) is 28.7 Å². The van der Waals surface area contributed by atoms with Gasteiger partial charge < -0.3 is 70.6 Å². The predicted octanol–water partition coefficient (Wildman–Crippen LogP) is 7.86. The molecule has 18 nitrogen and oxygen atoms in total. The summed E-state index contributed by atoms with van der Waals surface area (Å²) in [4.78, 5) is 26.1. The van der Waals surface area contributed by atoms with Gasteiger partial charge in [-0.1, -0.05) is 61.5 Å². The number of aromatic nitrogens is 3. The minimum Gasteiger partial charge on any atom is -0.504 e. The number of carbonyl (C=O) groups excluding carboxylic acids is 1. The Morgan fingerprint density at radius 1 is 1.04 bits per heavy atom. The van der Waals surface area contributed by atoms with Crippen LogP contribution in [-0.4, -0.2) is 103 Å². The number of esters is 1. The van der Waals surface area contributed by atoms with E-state index in [2.05, 4.69) is 78.1 Å². The maximum atomic E-state index is 13.6. The van der Waals surface area contributed by atoms with Gasteiger partial charge in [0.05, 0.1) is 47.0 Å². The number of aromatic amines is 1. The van der Waals surface area contributed by atoms with Gasteiger partial charge in [-0.2, -0.15) is 0 Å². The van der Waals surface area contributed by atoms with E-state index in [4.69, 9.17) is 29.7 Å². The molecule has 436 valence electrons. The number of aromatic hydroxyl groups is 3. The molecule has 1 spiro atoms. The first-order valence-electron chi connectivity index (χ1n) is 30.1. The molecule has 0 amide bonds. The van der Waals surface area contributed by atoms with E-state index in [1.807, 2.05) is 36.5 Å². The van der Waals surface area contributed by atoms with Crippen molar-refractivity contribution in [2.24, 2.45) is 39.8 Å². The molecule has 83 heavy (non-hydrogen) atoms. The summed E-state index contributed by atoms with van der Waals surface area (Å²) in [5, 5.41) is 64.0. The number of H-pyrrole nitrogens is 1. The Labute approximate surface area is 484 Å². The number of nitrogens with two attached hydrogens (primary N) is 1. The summed E-state index contributed by atoms with van der Waals surface area (Å²) in [5.74, 6) is 6.86. The minimum absolute atomic E-state index is 0.0177. The van der Waals surface area contributed by atoms with Crippen molar-refractivity contribution in [2.75, 3.05) is 19.7 Å². The smallest absolute Gasteiger partial charge is 0.302 e. The number of pyridine rings is 1. The summed E-state index contributed by atoms with van der Waals surface area (Å²) < 4.78 is 29.2. The Morgan fingerprint density at radius 3 is 2.77 bits per heavy atom. The Balaban J connectivity index is 0.915. The largest absolute Gasteiger partial charge is 0.504 e. The maximum Gasteiger partial charge on any atom is 0.302 e. The number of guanidine groups is 1. The number of ether oxygens (including phenoxy) is 4. The van der Waals surface area contributed by atoms with E-state index in [1.165, 1.54) is 30.7 Å². The van der Waals surface area contributed by atoms with Gasteiger partial charge in [0, 0.05) is 92.5 Å². The van der Waals surface area contributed by atoms with Crippen LogP contribution in [0.15, 0.2) is 114 Å². The highest BCUT2D eigenvalue weighted by Gasteiger charge is 2.69. The van der Waals surface area contributed by atoms with Gasteiger partial charge in [-0.25, -0.2) is 0 Å². The van der Waals surface area contributed by atoms with Gasteiger partial charge in [-0.05, 0) is 129 Å². The van der Waals surface area contributed by atoms with Crippen molar-refractivity contribution >= 4 is 22.8 Å². The number of phenolic OH excluding ortho intramolecular Hbond substituents is 3. The van der Waals surface area contributed by atoms with Crippen molar-refractivity contribution in [1.82, 2.24) is 35.8 Å². The topological polar surface area (TPSA) is 255 Å². The van der Waals surface area contributed by atoms with Crippen LogP contribution < -0.4 is 36.5 Å². The fourth-order valence-electron chi connectivity index (χ4n) is 15.4. The highest BCUT2D eigenvalue weighted by atomic mass is 16.6. The SMILES string of the molecule is CC(=O)OC1CC(c2cc(O)c(O)c(OCCc3cccnc3)c2)OC2C1C=CC1C#CC3C(CCCC34NC(=NCCCC3=CCNC(N)=C3)NC3n5cc6[nH]ccc6c5CCC34C(O)NC3CCCCC3)Oc3cc(ccc3O)CC12. The number of hydrogen-bond acceptors (Lipinski definition) is 14. The number of allylic oxidation sites excluding steroid dienone is 3. The van der Waals surface area contributed by atoms with Crippen LogP contribution in [0.4, 0.5) is 0 Å². The molecule has 2 saturated heterocycles. The van der Waals surface area contributed by atoms with Gasteiger partial charge >= 0.3 is 5.97 Å². The van der Waals surface area contributed by atoms with E-state index in [-0.39, 0.29) is 59.8 Å². The van der Waals surface area contributed by atoms with E-state index >= 15 is 0 Å². The summed E-state index contributed by atoms with van der Waals surface area (Å²) in [5.41, 5.74) is 10.1. The molecule has 13 rings (SSSR count). The molecule has 2 saturated carbocycles. The first-order valence-corrected chi connectivity index (χ1v) is 30.1. The number of carbonyl (C=O) groups is 1. The highest BCUT2D eigenvalue weighted by Crippen LogP contribution is 2.60. The third kappa shape index (κ3) is 10.4. The van der Waals surface area contributed by atoms with E-state index in [9.17, 15) is 25.2 Å². The van der Waals surface area contributed by atoms with Gasteiger partial charge in [0.2, 0.25) is 5.75 Å².